The normalized spacial score (nSPS) is 14.8. The molecule has 0 N–H and O–H groups in total. The number of amides is 1. The molecular weight excluding hydrogens is 322 g/mol. The Balaban J connectivity index is 1.68. The molecule has 1 amide bonds. The van der Waals surface area contributed by atoms with Crippen molar-refractivity contribution in [2.24, 2.45) is 0 Å². The van der Waals surface area contributed by atoms with Crippen LogP contribution in [-0.2, 0) is 0 Å². The monoisotopic (exact) mass is 345 g/mol. The van der Waals surface area contributed by atoms with E-state index >= 15 is 0 Å². The van der Waals surface area contributed by atoms with E-state index < -0.39 is 0 Å². The molecule has 2 aromatic heterocycles. The molecule has 0 atom stereocenters. The summed E-state index contributed by atoms with van der Waals surface area (Å²) >= 11 is 1.52. The van der Waals surface area contributed by atoms with Crippen LogP contribution in [0.4, 0.5) is 11.6 Å². The molecule has 1 aliphatic rings. The molecule has 1 aliphatic heterocycles. The van der Waals surface area contributed by atoms with Crippen LogP contribution in [0.3, 0.4) is 0 Å². The Hall–Kier alpha value is -2.15. The number of thiophene rings is 1. The second-order valence-corrected chi connectivity index (χ2v) is 7.20. The summed E-state index contributed by atoms with van der Waals surface area (Å²) in [4.78, 5) is 28.5. The maximum Gasteiger partial charge on any atom is 0.264 e. The molecule has 3 rings (SSSR count). The molecule has 24 heavy (non-hydrogen) atoms. The topological polar surface area (TPSA) is 52.6 Å². The molecule has 3 heterocycles. The molecule has 0 unspecified atom stereocenters. The molecule has 1 fully saturated rings. The number of piperazine rings is 1. The Bertz CT molecular complexity index is 734. The van der Waals surface area contributed by atoms with E-state index in [2.05, 4.69) is 14.9 Å². The average molecular weight is 345 g/mol. The summed E-state index contributed by atoms with van der Waals surface area (Å²) in [6.45, 7) is 6.95. The highest BCUT2D eigenvalue weighted by molar-refractivity contribution is 7.12. The maximum atomic E-state index is 12.5. The minimum atomic E-state index is 0.139. The summed E-state index contributed by atoms with van der Waals surface area (Å²) in [6, 6.07) is 3.98. The van der Waals surface area contributed by atoms with Gasteiger partial charge in [0.1, 0.15) is 17.5 Å². The highest BCUT2D eigenvalue weighted by Crippen LogP contribution is 2.21. The smallest absolute Gasteiger partial charge is 0.264 e. The third-order valence-corrected chi connectivity index (χ3v) is 5.14. The van der Waals surface area contributed by atoms with Crippen molar-refractivity contribution in [2.75, 3.05) is 50.1 Å². The fraction of sp³-hybridized carbons (Fsp3) is 0.471. The standard InChI is InChI=1S/C17H23N5OS/c1-12-9-14(24-11-12)17(23)22-7-5-21(6-8-22)16-10-15(20(3)4)18-13(2)19-16/h9-11H,5-8H2,1-4H3. The molecule has 0 aliphatic carbocycles. The van der Waals surface area contributed by atoms with Crippen molar-refractivity contribution in [2.45, 2.75) is 13.8 Å². The molecule has 1 saturated heterocycles. The van der Waals surface area contributed by atoms with E-state index in [1.54, 1.807) is 0 Å². The number of nitrogens with zero attached hydrogens (tertiary/aromatic N) is 5. The number of aryl methyl sites for hydroxylation is 2. The van der Waals surface area contributed by atoms with Crippen LogP contribution in [0.25, 0.3) is 0 Å². The highest BCUT2D eigenvalue weighted by Gasteiger charge is 2.24. The van der Waals surface area contributed by atoms with Gasteiger partial charge in [-0.1, -0.05) is 0 Å². The Kier molecular flexibility index (Phi) is 4.71. The van der Waals surface area contributed by atoms with E-state index in [-0.39, 0.29) is 5.91 Å². The molecule has 0 radical (unpaired) electrons. The molecule has 7 heteroatoms. The van der Waals surface area contributed by atoms with Gasteiger partial charge in [0, 0.05) is 46.3 Å². The molecule has 0 aromatic carbocycles. The molecule has 128 valence electrons. The molecular formula is C17H23N5OS. The lowest BCUT2D eigenvalue weighted by Gasteiger charge is -2.35. The summed E-state index contributed by atoms with van der Waals surface area (Å²) in [5, 5.41) is 2.02. The van der Waals surface area contributed by atoms with E-state index in [1.165, 1.54) is 11.3 Å². The van der Waals surface area contributed by atoms with Gasteiger partial charge in [-0.3, -0.25) is 4.79 Å². The van der Waals surface area contributed by atoms with Crippen LogP contribution >= 0.6 is 11.3 Å². The first-order chi connectivity index (χ1) is 11.4. The van der Waals surface area contributed by atoms with Gasteiger partial charge in [-0.25, -0.2) is 9.97 Å². The van der Waals surface area contributed by atoms with Crippen LogP contribution in [-0.4, -0.2) is 61.0 Å². The third-order valence-electron chi connectivity index (χ3n) is 4.10. The van der Waals surface area contributed by atoms with Crippen LogP contribution in [0.1, 0.15) is 21.1 Å². The van der Waals surface area contributed by atoms with Gasteiger partial charge in [0.2, 0.25) is 0 Å². The summed E-state index contributed by atoms with van der Waals surface area (Å²) < 4.78 is 0. The predicted octanol–water partition coefficient (Wildman–Crippen LogP) is 2.18. The molecule has 0 bridgehead atoms. The van der Waals surface area contributed by atoms with Crippen molar-refractivity contribution in [3.63, 3.8) is 0 Å². The number of carbonyl (C=O) groups is 1. The van der Waals surface area contributed by atoms with Crippen molar-refractivity contribution in [3.8, 4) is 0 Å². The number of hydrogen-bond donors (Lipinski definition) is 0. The molecule has 6 nitrogen and oxygen atoms in total. The van der Waals surface area contributed by atoms with Crippen molar-refractivity contribution in [1.29, 1.82) is 0 Å². The zero-order chi connectivity index (χ0) is 17.3. The van der Waals surface area contributed by atoms with Crippen molar-refractivity contribution in [3.05, 3.63) is 33.8 Å². The zero-order valence-corrected chi connectivity index (χ0v) is 15.4. The van der Waals surface area contributed by atoms with Crippen molar-refractivity contribution >= 4 is 28.9 Å². The second-order valence-electron chi connectivity index (χ2n) is 6.29. The fourth-order valence-electron chi connectivity index (χ4n) is 2.77. The fourth-order valence-corrected chi connectivity index (χ4v) is 3.63. The van der Waals surface area contributed by atoms with E-state index in [4.69, 9.17) is 0 Å². The van der Waals surface area contributed by atoms with Crippen LogP contribution in [0.2, 0.25) is 0 Å². The lowest BCUT2D eigenvalue weighted by atomic mass is 10.2. The van der Waals surface area contributed by atoms with Gasteiger partial charge >= 0.3 is 0 Å². The molecule has 2 aromatic rings. The quantitative estimate of drug-likeness (QED) is 0.853. The van der Waals surface area contributed by atoms with Crippen LogP contribution < -0.4 is 9.80 Å². The van der Waals surface area contributed by atoms with Crippen LogP contribution in [0, 0.1) is 13.8 Å². The average Bonchev–Trinajstić information content (AvgIpc) is 3.00. The SMILES string of the molecule is Cc1csc(C(=O)N2CCN(c3cc(N(C)C)nc(C)n3)CC2)c1. The Morgan fingerprint density at radius 2 is 1.83 bits per heavy atom. The zero-order valence-electron chi connectivity index (χ0n) is 14.6. The number of aromatic nitrogens is 2. The van der Waals surface area contributed by atoms with Gasteiger partial charge in [0.05, 0.1) is 4.88 Å². The van der Waals surface area contributed by atoms with Crippen LogP contribution in [0.15, 0.2) is 17.5 Å². The van der Waals surface area contributed by atoms with Crippen molar-refractivity contribution < 1.29 is 4.79 Å². The lowest BCUT2D eigenvalue weighted by molar-refractivity contribution is 0.0751. The van der Waals surface area contributed by atoms with E-state index in [0.717, 1.165) is 54.1 Å². The molecule has 0 saturated carbocycles. The summed E-state index contributed by atoms with van der Waals surface area (Å²) in [6.07, 6.45) is 0. The van der Waals surface area contributed by atoms with E-state index in [1.807, 2.05) is 55.3 Å². The van der Waals surface area contributed by atoms with E-state index in [0.29, 0.717) is 0 Å². The number of hydrogen-bond acceptors (Lipinski definition) is 6. The van der Waals surface area contributed by atoms with Gasteiger partial charge in [-0.2, -0.15) is 0 Å². The first kappa shape index (κ1) is 16.7. The number of anilines is 2. The van der Waals surface area contributed by atoms with Crippen molar-refractivity contribution in [1.82, 2.24) is 14.9 Å². The second kappa shape index (κ2) is 6.76. The Morgan fingerprint density at radius 1 is 1.12 bits per heavy atom. The summed E-state index contributed by atoms with van der Waals surface area (Å²) in [5.74, 6) is 2.75. The number of rotatable bonds is 3. The maximum absolute atomic E-state index is 12.5. The Labute approximate surface area is 146 Å². The predicted molar refractivity (Wildman–Crippen MR) is 98.3 cm³/mol. The van der Waals surface area contributed by atoms with E-state index in [9.17, 15) is 4.79 Å². The van der Waals surface area contributed by atoms with Gasteiger partial charge < -0.3 is 14.7 Å². The lowest BCUT2D eigenvalue weighted by Crippen LogP contribution is -2.49. The van der Waals surface area contributed by atoms with Gasteiger partial charge in [0.15, 0.2) is 0 Å². The minimum absolute atomic E-state index is 0.139. The summed E-state index contributed by atoms with van der Waals surface area (Å²) in [7, 11) is 3.95. The van der Waals surface area contributed by atoms with Gasteiger partial charge in [-0.15, -0.1) is 11.3 Å². The number of carbonyl (C=O) groups excluding carboxylic acids is 1. The molecule has 0 spiro atoms. The Morgan fingerprint density at radius 3 is 2.42 bits per heavy atom. The first-order valence-corrected chi connectivity index (χ1v) is 8.94. The summed E-state index contributed by atoms with van der Waals surface area (Å²) in [5.41, 5.74) is 1.15. The van der Waals surface area contributed by atoms with Crippen LogP contribution in [0.5, 0.6) is 0 Å². The van der Waals surface area contributed by atoms with Gasteiger partial charge in [-0.05, 0) is 30.9 Å². The third kappa shape index (κ3) is 3.51. The first-order valence-electron chi connectivity index (χ1n) is 8.06. The minimum Gasteiger partial charge on any atom is -0.363 e. The highest BCUT2D eigenvalue weighted by atomic mass is 32.1. The largest absolute Gasteiger partial charge is 0.363 e. The van der Waals surface area contributed by atoms with Gasteiger partial charge in [0.25, 0.3) is 5.91 Å².